The molecule has 50 heavy (non-hydrogen) atoms. The van der Waals surface area contributed by atoms with Gasteiger partial charge >= 0.3 is 12.1 Å². The third-order valence-corrected chi connectivity index (χ3v) is 8.55. The van der Waals surface area contributed by atoms with Crippen LogP contribution in [0.1, 0.15) is 50.4 Å². The van der Waals surface area contributed by atoms with Crippen molar-refractivity contribution in [1.82, 2.24) is 9.80 Å². The van der Waals surface area contributed by atoms with Crippen LogP contribution in [-0.2, 0) is 4.74 Å². The molecule has 1 aliphatic rings. The Kier molecular flexibility index (Phi) is 13.8. The van der Waals surface area contributed by atoms with E-state index in [9.17, 15) is 23.9 Å². The molecule has 1 aliphatic heterocycles. The summed E-state index contributed by atoms with van der Waals surface area (Å²) in [7, 11) is 3.21. The maximum absolute atomic E-state index is 14.4. The highest BCUT2D eigenvalue weighted by Gasteiger charge is 2.31. The van der Waals surface area contributed by atoms with Gasteiger partial charge in [0.15, 0.2) is 0 Å². The van der Waals surface area contributed by atoms with Gasteiger partial charge in [0.05, 0.1) is 37.5 Å². The number of ether oxygens (including phenoxy) is 3. The summed E-state index contributed by atoms with van der Waals surface area (Å²) in [6.45, 7) is 6.19. The van der Waals surface area contributed by atoms with E-state index in [0.717, 1.165) is 12.8 Å². The smallest absolute Gasteiger partial charge is 0.323 e. The number of methoxy groups -OCH3 is 1. The minimum Gasteiger partial charge on any atom is -0.497 e. The summed E-state index contributed by atoms with van der Waals surface area (Å²) >= 11 is 0. The molecule has 0 spiro atoms. The maximum Gasteiger partial charge on any atom is 0.323 e. The Balaban J connectivity index is 1.56. The van der Waals surface area contributed by atoms with E-state index in [1.165, 1.54) is 29.2 Å². The number of hydrogen-bond donors (Lipinski definition) is 4. The highest BCUT2D eigenvalue weighted by atomic mass is 19.1. The van der Waals surface area contributed by atoms with Gasteiger partial charge in [-0.15, -0.1) is 0 Å². The quantitative estimate of drug-likeness (QED) is 0.213. The van der Waals surface area contributed by atoms with Gasteiger partial charge in [-0.3, -0.25) is 4.79 Å². The second-order valence-corrected chi connectivity index (χ2v) is 12.6. The third kappa shape index (κ3) is 10.8. The Hall–Kier alpha value is -4.88. The molecular formula is C37H48FN5O7. The molecule has 4 atom stereocenters. The SMILES string of the molecule is COc1ccc(NC(=O)Nc2ccc3c(c2)C(=O)N([C@@H](C)CO)C[C@H](C)[C@H](CN(C)C(=O)Nc2ccc(F)cc2)OCCCC[C@@H](C)O3)cc1. The maximum atomic E-state index is 14.4. The van der Waals surface area contributed by atoms with Crippen molar-refractivity contribution >= 4 is 35.0 Å². The number of rotatable bonds is 8. The molecule has 0 radical (unpaired) electrons. The third-order valence-electron chi connectivity index (χ3n) is 8.55. The fraction of sp³-hybridized carbons (Fsp3) is 0.432. The van der Waals surface area contributed by atoms with E-state index >= 15 is 0 Å². The molecular weight excluding hydrogens is 645 g/mol. The molecule has 3 aromatic carbocycles. The molecule has 4 rings (SSSR count). The number of urea groups is 2. The van der Waals surface area contributed by atoms with Gasteiger partial charge in [0.1, 0.15) is 17.3 Å². The number of fused-ring (bicyclic) bond motifs is 1. The molecule has 0 saturated carbocycles. The lowest BCUT2D eigenvalue weighted by Crippen LogP contribution is -2.48. The second-order valence-electron chi connectivity index (χ2n) is 12.6. The number of benzene rings is 3. The molecule has 0 aromatic heterocycles. The van der Waals surface area contributed by atoms with E-state index in [-0.39, 0.29) is 43.3 Å². The molecule has 13 heteroatoms. The zero-order valence-electron chi connectivity index (χ0n) is 29.3. The van der Waals surface area contributed by atoms with Crippen molar-refractivity contribution < 1.29 is 38.1 Å². The summed E-state index contributed by atoms with van der Waals surface area (Å²) in [5.74, 6) is -0.0349. The number of aliphatic hydroxyl groups excluding tert-OH is 1. The zero-order chi connectivity index (χ0) is 36.2. The van der Waals surface area contributed by atoms with E-state index in [1.54, 1.807) is 68.4 Å². The summed E-state index contributed by atoms with van der Waals surface area (Å²) in [6, 6.07) is 15.9. The first-order valence-corrected chi connectivity index (χ1v) is 16.8. The number of nitrogens with one attached hydrogen (secondary N) is 3. The Labute approximate surface area is 292 Å². The number of halogens is 1. The Morgan fingerprint density at radius 2 is 1.64 bits per heavy atom. The molecule has 0 bridgehead atoms. The van der Waals surface area contributed by atoms with Crippen molar-refractivity contribution in [2.75, 3.05) is 56.4 Å². The number of likely N-dealkylation sites (N-methyl/N-ethyl adjacent to an activating group) is 1. The van der Waals surface area contributed by atoms with E-state index < -0.39 is 29.9 Å². The summed E-state index contributed by atoms with van der Waals surface area (Å²) < 4.78 is 31.1. The van der Waals surface area contributed by atoms with Gasteiger partial charge in [-0.2, -0.15) is 0 Å². The lowest BCUT2D eigenvalue weighted by molar-refractivity contribution is -0.0115. The van der Waals surface area contributed by atoms with Gasteiger partial charge in [-0.05, 0) is 99.8 Å². The first kappa shape index (κ1) is 37.9. The highest BCUT2D eigenvalue weighted by molar-refractivity contribution is 6.02. The van der Waals surface area contributed by atoms with E-state index in [1.807, 2.05) is 13.8 Å². The number of aliphatic hydroxyl groups is 1. The van der Waals surface area contributed by atoms with Crippen molar-refractivity contribution in [2.24, 2.45) is 5.92 Å². The number of carbonyl (C=O) groups excluding carboxylic acids is 3. The van der Waals surface area contributed by atoms with Crippen LogP contribution < -0.4 is 25.4 Å². The second kappa shape index (κ2) is 18.2. The number of carbonyl (C=O) groups is 3. The van der Waals surface area contributed by atoms with Crippen LogP contribution in [-0.4, -0.2) is 91.6 Å². The van der Waals surface area contributed by atoms with Crippen LogP contribution in [0.15, 0.2) is 66.7 Å². The molecule has 1 heterocycles. The molecule has 5 amide bonds. The summed E-state index contributed by atoms with van der Waals surface area (Å²) in [5, 5.41) is 18.6. The topological polar surface area (TPSA) is 142 Å². The number of nitrogens with zero attached hydrogens (tertiary/aromatic N) is 2. The van der Waals surface area contributed by atoms with Crippen LogP contribution in [0.3, 0.4) is 0 Å². The fourth-order valence-corrected chi connectivity index (χ4v) is 5.54. The average molecular weight is 694 g/mol. The van der Waals surface area contributed by atoms with E-state index in [0.29, 0.717) is 41.6 Å². The first-order chi connectivity index (χ1) is 24.0. The molecule has 0 unspecified atom stereocenters. The average Bonchev–Trinajstić information content (AvgIpc) is 3.10. The summed E-state index contributed by atoms with van der Waals surface area (Å²) in [5.41, 5.74) is 1.62. The highest BCUT2D eigenvalue weighted by Crippen LogP contribution is 2.29. The van der Waals surface area contributed by atoms with Crippen LogP contribution in [0.2, 0.25) is 0 Å². The minimum atomic E-state index is -0.571. The standard InChI is InChI=1S/C37H48FN5O7/c1-24-21-43(25(2)23-44)35(45)32-20-30(40-36(46)39-28-13-16-31(48-5)17-14-28)15-18-33(32)50-26(3)8-6-7-19-49-34(24)22-42(4)37(47)41-29-11-9-27(38)10-12-29/h9-18,20,24-26,34,44H,6-8,19,21-23H2,1-5H3,(H,41,47)(H2,39,40,46)/t24-,25-,26+,34-/m0/s1. The van der Waals surface area contributed by atoms with Crippen LogP contribution in [0.4, 0.5) is 31.0 Å². The lowest BCUT2D eigenvalue weighted by atomic mass is 10.0. The zero-order valence-corrected chi connectivity index (χ0v) is 29.3. The van der Waals surface area contributed by atoms with Crippen molar-refractivity contribution in [3.8, 4) is 11.5 Å². The van der Waals surface area contributed by atoms with Crippen molar-refractivity contribution in [1.29, 1.82) is 0 Å². The molecule has 0 saturated heterocycles. The van der Waals surface area contributed by atoms with Crippen LogP contribution in [0, 0.1) is 11.7 Å². The van der Waals surface area contributed by atoms with Crippen LogP contribution in [0.5, 0.6) is 11.5 Å². The normalized spacial score (nSPS) is 19.2. The van der Waals surface area contributed by atoms with Gasteiger partial charge < -0.3 is 45.1 Å². The predicted octanol–water partition coefficient (Wildman–Crippen LogP) is 6.44. The summed E-state index contributed by atoms with van der Waals surface area (Å²) in [4.78, 5) is 43.4. The fourth-order valence-electron chi connectivity index (χ4n) is 5.54. The molecule has 0 aliphatic carbocycles. The summed E-state index contributed by atoms with van der Waals surface area (Å²) in [6.07, 6.45) is 1.60. The number of anilines is 3. The van der Waals surface area contributed by atoms with Gasteiger partial charge in [0.2, 0.25) is 0 Å². The van der Waals surface area contributed by atoms with Gasteiger partial charge in [-0.1, -0.05) is 6.92 Å². The van der Waals surface area contributed by atoms with Crippen LogP contribution in [0.25, 0.3) is 0 Å². The number of hydrogen-bond acceptors (Lipinski definition) is 7. The minimum absolute atomic E-state index is 0.198. The van der Waals surface area contributed by atoms with Gasteiger partial charge in [-0.25, -0.2) is 14.0 Å². The molecule has 3 aromatic rings. The van der Waals surface area contributed by atoms with Crippen molar-refractivity contribution in [3.05, 3.63) is 78.1 Å². The van der Waals surface area contributed by atoms with E-state index in [2.05, 4.69) is 16.0 Å². The largest absolute Gasteiger partial charge is 0.497 e. The van der Waals surface area contributed by atoms with Gasteiger partial charge in [0, 0.05) is 49.7 Å². The Bertz CT molecular complexity index is 1570. The molecule has 4 N–H and O–H groups in total. The van der Waals surface area contributed by atoms with Crippen LogP contribution >= 0.6 is 0 Å². The predicted molar refractivity (Wildman–Crippen MR) is 191 cm³/mol. The Morgan fingerprint density at radius 3 is 2.32 bits per heavy atom. The van der Waals surface area contributed by atoms with Crippen molar-refractivity contribution in [2.45, 2.75) is 58.3 Å². The lowest BCUT2D eigenvalue weighted by Gasteiger charge is -2.35. The van der Waals surface area contributed by atoms with E-state index in [4.69, 9.17) is 14.2 Å². The first-order valence-electron chi connectivity index (χ1n) is 16.8. The molecule has 270 valence electrons. The molecule has 0 fully saturated rings. The number of amides is 5. The Morgan fingerprint density at radius 1 is 1.00 bits per heavy atom. The monoisotopic (exact) mass is 693 g/mol. The molecule has 12 nitrogen and oxygen atoms in total. The van der Waals surface area contributed by atoms with Gasteiger partial charge in [0.25, 0.3) is 5.91 Å². The van der Waals surface area contributed by atoms with Crippen molar-refractivity contribution in [3.63, 3.8) is 0 Å².